The van der Waals surface area contributed by atoms with E-state index in [1.807, 2.05) is 41.5 Å². The first-order chi connectivity index (χ1) is 17.2. The summed E-state index contributed by atoms with van der Waals surface area (Å²) >= 11 is 1.10. The molecule has 2 N–H and O–H groups in total. The predicted molar refractivity (Wildman–Crippen MR) is 141 cm³/mol. The highest BCUT2D eigenvalue weighted by atomic mass is 32.1. The molecule has 0 radical (unpaired) electrons. The summed E-state index contributed by atoms with van der Waals surface area (Å²) in [5, 5.41) is 14.0. The third-order valence-electron chi connectivity index (χ3n) is 7.07. The highest BCUT2D eigenvalue weighted by molar-refractivity contribution is 7.09. The number of likely N-dealkylation sites (N-methyl/N-ethyl adjacent to an activating group) is 1. The minimum atomic E-state index is -1.16. The van der Waals surface area contributed by atoms with Gasteiger partial charge in [-0.3, -0.25) is 19.3 Å². The SMILES string of the molecule is CC(=O)O[C@H](C[C@H](C(C)C)N(C)C(=O)[C@@H](NC(=O)C(C)(C)N1CCCC1)C(C)C)c1nc(C(=O)O)cs1. The quantitative estimate of drug-likeness (QED) is 0.388. The average molecular weight is 539 g/mol. The van der Waals surface area contributed by atoms with E-state index in [2.05, 4.69) is 15.2 Å². The van der Waals surface area contributed by atoms with Crippen molar-refractivity contribution in [2.24, 2.45) is 11.8 Å². The highest BCUT2D eigenvalue weighted by Gasteiger charge is 2.40. The number of thiazole rings is 1. The van der Waals surface area contributed by atoms with Crippen LogP contribution in [0.2, 0.25) is 0 Å². The van der Waals surface area contributed by atoms with Crippen molar-refractivity contribution in [1.29, 1.82) is 0 Å². The smallest absolute Gasteiger partial charge is 0.355 e. The van der Waals surface area contributed by atoms with Crippen molar-refractivity contribution in [1.82, 2.24) is 20.1 Å². The molecule has 11 heteroatoms. The molecule has 0 saturated carbocycles. The molecule has 1 saturated heterocycles. The number of nitrogens with one attached hydrogen (secondary N) is 1. The van der Waals surface area contributed by atoms with E-state index in [-0.39, 0.29) is 41.8 Å². The molecule has 0 aliphatic carbocycles. The van der Waals surface area contributed by atoms with Gasteiger partial charge in [-0.25, -0.2) is 9.78 Å². The minimum Gasteiger partial charge on any atom is -0.476 e. The normalized spacial score (nSPS) is 16.9. The Morgan fingerprint density at radius 1 is 1.16 bits per heavy atom. The summed E-state index contributed by atoms with van der Waals surface area (Å²) in [5.74, 6) is -2.27. The molecule has 0 unspecified atom stereocenters. The van der Waals surface area contributed by atoms with Gasteiger partial charge in [0.2, 0.25) is 11.8 Å². The van der Waals surface area contributed by atoms with Crippen LogP contribution in [0.5, 0.6) is 0 Å². The maximum atomic E-state index is 13.7. The summed E-state index contributed by atoms with van der Waals surface area (Å²) in [6.45, 7) is 14.5. The Morgan fingerprint density at radius 3 is 2.22 bits per heavy atom. The number of hydrogen-bond donors (Lipinski definition) is 2. The number of likely N-dealkylation sites (tertiary alicyclic amines) is 1. The number of nitrogens with zero attached hydrogens (tertiary/aromatic N) is 3. The summed E-state index contributed by atoms with van der Waals surface area (Å²) in [7, 11) is 1.69. The van der Waals surface area contributed by atoms with Crippen LogP contribution >= 0.6 is 11.3 Å². The van der Waals surface area contributed by atoms with Crippen molar-refractivity contribution in [3.8, 4) is 0 Å². The first-order valence-electron chi connectivity index (χ1n) is 12.8. The fourth-order valence-electron chi connectivity index (χ4n) is 4.66. The van der Waals surface area contributed by atoms with E-state index in [1.165, 1.54) is 12.3 Å². The van der Waals surface area contributed by atoms with Gasteiger partial charge >= 0.3 is 11.9 Å². The van der Waals surface area contributed by atoms with E-state index in [1.54, 1.807) is 11.9 Å². The Morgan fingerprint density at radius 2 is 1.76 bits per heavy atom. The van der Waals surface area contributed by atoms with E-state index < -0.39 is 29.6 Å². The molecule has 208 valence electrons. The van der Waals surface area contributed by atoms with Gasteiger partial charge in [-0.2, -0.15) is 0 Å². The fourth-order valence-corrected chi connectivity index (χ4v) is 5.50. The number of carbonyl (C=O) groups is 4. The van der Waals surface area contributed by atoms with Crippen LogP contribution in [0.1, 0.15) is 89.3 Å². The summed E-state index contributed by atoms with van der Waals surface area (Å²) in [4.78, 5) is 58.1. The van der Waals surface area contributed by atoms with Gasteiger partial charge in [0, 0.05) is 31.8 Å². The zero-order chi connectivity index (χ0) is 28.1. The molecule has 1 aromatic heterocycles. The van der Waals surface area contributed by atoms with Gasteiger partial charge in [0.05, 0.1) is 5.54 Å². The maximum absolute atomic E-state index is 13.7. The van der Waals surface area contributed by atoms with E-state index in [0.29, 0.717) is 5.01 Å². The molecular formula is C26H42N4O6S. The van der Waals surface area contributed by atoms with Gasteiger partial charge in [-0.05, 0) is 51.6 Å². The molecule has 2 rings (SSSR count). The molecule has 0 bridgehead atoms. The fraction of sp³-hybridized carbons (Fsp3) is 0.731. The molecule has 3 atom stereocenters. The Bertz CT molecular complexity index is 970. The molecule has 2 amide bonds. The number of carbonyl (C=O) groups excluding carboxylic acids is 3. The monoisotopic (exact) mass is 538 g/mol. The first-order valence-corrected chi connectivity index (χ1v) is 13.7. The number of esters is 1. The minimum absolute atomic E-state index is 0.0181. The van der Waals surface area contributed by atoms with Crippen LogP contribution in [0.15, 0.2) is 5.38 Å². The third kappa shape index (κ3) is 7.73. The number of hydrogen-bond acceptors (Lipinski definition) is 8. The molecular weight excluding hydrogens is 496 g/mol. The Labute approximate surface area is 223 Å². The predicted octanol–water partition coefficient (Wildman–Crippen LogP) is 3.33. The van der Waals surface area contributed by atoms with Crippen LogP contribution < -0.4 is 5.32 Å². The van der Waals surface area contributed by atoms with Crippen LogP contribution in [0.4, 0.5) is 0 Å². The standard InChI is InChI=1S/C26H42N4O6S/c1-15(2)19(13-20(36-17(5)31)22-27-18(14-37-22)24(33)34)29(8)23(32)21(16(3)4)28-25(35)26(6,7)30-11-9-10-12-30/h14-16,19-21H,9-13H2,1-8H3,(H,28,35)(H,33,34)/t19-,20-,21+/m1/s1. The van der Waals surface area contributed by atoms with Crippen molar-refractivity contribution in [2.45, 2.75) is 91.5 Å². The second kappa shape index (κ2) is 12.8. The van der Waals surface area contributed by atoms with Crippen molar-refractivity contribution in [3.05, 3.63) is 16.1 Å². The van der Waals surface area contributed by atoms with E-state index in [0.717, 1.165) is 37.3 Å². The largest absolute Gasteiger partial charge is 0.476 e. The molecule has 1 aliphatic heterocycles. The van der Waals surface area contributed by atoms with Gasteiger partial charge in [0.25, 0.3) is 0 Å². The maximum Gasteiger partial charge on any atom is 0.355 e. The van der Waals surface area contributed by atoms with Crippen LogP contribution in [0, 0.1) is 11.8 Å². The second-order valence-electron chi connectivity index (χ2n) is 10.9. The van der Waals surface area contributed by atoms with Crippen LogP contribution in [0.25, 0.3) is 0 Å². The Hall–Kier alpha value is -2.53. The summed E-state index contributed by atoms with van der Waals surface area (Å²) in [5.41, 5.74) is -0.849. The van der Waals surface area contributed by atoms with Gasteiger partial charge < -0.3 is 20.1 Å². The molecule has 1 aromatic rings. The zero-order valence-corrected chi connectivity index (χ0v) is 24.1. The lowest BCUT2D eigenvalue weighted by molar-refractivity contribution is -0.149. The average Bonchev–Trinajstić information content (AvgIpc) is 3.51. The Balaban J connectivity index is 2.26. The van der Waals surface area contributed by atoms with E-state index in [9.17, 15) is 24.3 Å². The van der Waals surface area contributed by atoms with Crippen LogP contribution in [-0.2, 0) is 19.1 Å². The Kier molecular flexibility index (Phi) is 10.6. The van der Waals surface area contributed by atoms with Crippen molar-refractivity contribution >= 4 is 35.1 Å². The molecule has 2 heterocycles. The lowest BCUT2D eigenvalue weighted by atomic mass is 9.93. The second-order valence-corrected chi connectivity index (χ2v) is 11.8. The molecule has 10 nitrogen and oxygen atoms in total. The number of aromatic carboxylic acids is 1. The number of ether oxygens (including phenoxy) is 1. The summed E-state index contributed by atoms with van der Waals surface area (Å²) < 4.78 is 5.52. The lowest BCUT2D eigenvalue weighted by Crippen LogP contribution is -2.60. The van der Waals surface area contributed by atoms with Gasteiger partial charge in [-0.15, -0.1) is 11.3 Å². The highest BCUT2D eigenvalue weighted by Crippen LogP contribution is 2.31. The van der Waals surface area contributed by atoms with Crippen molar-refractivity contribution in [2.75, 3.05) is 20.1 Å². The topological polar surface area (TPSA) is 129 Å². The van der Waals surface area contributed by atoms with Gasteiger partial charge in [-0.1, -0.05) is 27.7 Å². The van der Waals surface area contributed by atoms with Crippen LogP contribution in [-0.4, -0.2) is 81.4 Å². The molecule has 1 aliphatic rings. The van der Waals surface area contributed by atoms with Crippen LogP contribution in [0.3, 0.4) is 0 Å². The van der Waals surface area contributed by atoms with Crippen molar-refractivity contribution < 1.29 is 29.0 Å². The number of carboxylic acids is 1. The van der Waals surface area contributed by atoms with Crippen molar-refractivity contribution in [3.63, 3.8) is 0 Å². The molecule has 37 heavy (non-hydrogen) atoms. The lowest BCUT2D eigenvalue weighted by Gasteiger charge is -2.39. The number of rotatable bonds is 12. The summed E-state index contributed by atoms with van der Waals surface area (Å²) in [6.07, 6.45) is 1.54. The third-order valence-corrected chi connectivity index (χ3v) is 8.00. The van der Waals surface area contributed by atoms with E-state index in [4.69, 9.17) is 4.74 Å². The number of aromatic nitrogens is 1. The number of amides is 2. The molecule has 0 aromatic carbocycles. The zero-order valence-electron chi connectivity index (χ0n) is 23.2. The number of carboxylic acid groups (broad SMARTS) is 1. The van der Waals surface area contributed by atoms with Gasteiger partial charge in [0.15, 0.2) is 11.8 Å². The summed E-state index contributed by atoms with van der Waals surface area (Å²) in [6, 6.07) is -1.09. The van der Waals surface area contributed by atoms with Gasteiger partial charge in [0.1, 0.15) is 11.0 Å². The molecule has 0 spiro atoms. The first kappa shape index (κ1) is 30.7. The molecule has 1 fully saturated rings. The van der Waals surface area contributed by atoms with E-state index >= 15 is 0 Å².